The third-order valence-electron chi connectivity index (χ3n) is 3.95. The quantitative estimate of drug-likeness (QED) is 0.916. The van der Waals surface area contributed by atoms with E-state index in [1.165, 1.54) is 0 Å². The number of carbonyl (C=O) groups is 1. The highest BCUT2D eigenvalue weighted by Gasteiger charge is 2.30. The van der Waals surface area contributed by atoms with Crippen LogP contribution in [-0.2, 0) is 0 Å². The third-order valence-corrected chi connectivity index (χ3v) is 3.95. The third kappa shape index (κ3) is 2.22. The van der Waals surface area contributed by atoms with Crippen molar-refractivity contribution in [2.75, 3.05) is 0 Å². The van der Waals surface area contributed by atoms with Crippen LogP contribution in [-0.4, -0.2) is 16.2 Å². The molecule has 2 aromatic rings. The first-order valence-electron chi connectivity index (χ1n) is 6.96. The molecule has 0 spiro atoms. The first kappa shape index (κ1) is 12.9. The van der Waals surface area contributed by atoms with Crippen LogP contribution in [0.1, 0.15) is 53.3 Å². The van der Waals surface area contributed by atoms with Gasteiger partial charge in [0.1, 0.15) is 11.3 Å². The minimum absolute atomic E-state index is 0.201. The number of aromatic nitrogens is 1. The van der Waals surface area contributed by atoms with Crippen LogP contribution in [0.2, 0.25) is 0 Å². The summed E-state index contributed by atoms with van der Waals surface area (Å²) in [6.07, 6.45) is 4.24. The number of carboxylic acid groups (broad SMARTS) is 1. The van der Waals surface area contributed by atoms with Gasteiger partial charge in [0.2, 0.25) is 0 Å². The van der Waals surface area contributed by atoms with Gasteiger partial charge in [0, 0.05) is 11.5 Å². The molecule has 4 nitrogen and oxygen atoms in total. The average molecular weight is 271 g/mol. The van der Waals surface area contributed by atoms with Crippen LogP contribution in [0.4, 0.5) is 0 Å². The van der Waals surface area contributed by atoms with Crippen molar-refractivity contribution in [2.45, 2.75) is 38.5 Å². The summed E-state index contributed by atoms with van der Waals surface area (Å²) in [5, 5.41) is 13.6. The number of rotatable bonds is 3. The van der Waals surface area contributed by atoms with Crippen LogP contribution in [0, 0.1) is 6.92 Å². The Hall–Kier alpha value is -2.10. The van der Waals surface area contributed by atoms with Gasteiger partial charge in [0.15, 0.2) is 5.76 Å². The lowest BCUT2D eigenvalue weighted by atomic mass is 9.97. The number of benzene rings is 1. The van der Waals surface area contributed by atoms with E-state index in [0.717, 1.165) is 36.8 Å². The molecular formula is C16H17NO3. The molecule has 1 heterocycles. The molecule has 1 aromatic carbocycles. The summed E-state index contributed by atoms with van der Waals surface area (Å²) >= 11 is 0. The Balaban J connectivity index is 2.09. The predicted octanol–water partition coefficient (Wildman–Crippen LogP) is 4.01. The SMILES string of the molecule is Cc1cccc(-c2noc(C3CCCC3)c2C(=O)O)c1. The Kier molecular flexibility index (Phi) is 3.30. The maximum absolute atomic E-state index is 11.6. The standard InChI is InChI=1S/C16H17NO3/c1-10-5-4-8-12(9-10)14-13(16(18)19)15(20-17-14)11-6-2-3-7-11/h4-5,8-9,11H,2-3,6-7H2,1H3,(H,18,19). The van der Waals surface area contributed by atoms with Crippen LogP contribution in [0.15, 0.2) is 28.8 Å². The molecule has 0 saturated heterocycles. The van der Waals surface area contributed by atoms with Crippen LogP contribution >= 0.6 is 0 Å². The monoisotopic (exact) mass is 271 g/mol. The van der Waals surface area contributed by atoms with E-state index < -0.39 is 5.97 Å². The summed E-state index contributed by atoms with van der Waals surface area (Å²) in [4.78, 5) is 11.6. The maximum atomic E-state index is 11.6. The molecule has 1 aliphatic carbocycles. The molecule has 1 N–H and O–H groups in total. The van der Waals surface area contributed by atoms with Gasteiger partial charge < -0.3 is 9.63 Å². The highest BCUT2D eigenvalue weighted by molar-refractivity contribution is 5.96. The van der Waals surface area contributed by atoms with E-state index in [-0.39, 0.29) is 11.5 Å². The van der Waals surface area contributed by atoms with Gasteiger partial charge in [0.05, 0.1) is 0 Å². The van der Waals surface area contributed by atoms with Gasteiger partial charge in [-0.1, -0.05) is 41.8 Å². The molecule has 20 heavy (non-hydrogen) atoms. The molecule has 3 rings (SSSR count). The van der Waals surface area contributed by atoms with Gasteiger partial charge in [-0.3, -0.25) is 0 Å². The van der Waals surface area contributed by atoms with Crippen molar-refractivity contribution in [1.29, 1.82) is 0 Å². The van der Waals surface area contributed by atoms with E-state index in [2.05, 4.69) is 5.16 Å². The molecule has 0 bridgehead atoms. The van der Waals surface area contributed by atoms with Crippen molar-refractivity contribution in [1.82, 2.24) is 5.16 Å². The fourth-order valence-electron chi connectivity index (χ4n) is 2.97. The Morgan fingerprint density at radius 3 is 2.75 bits per heavy atom. The second-order valence-corrected chi connectivity index (χ2v) is 5.43. The number of nitrogens with zero attached hydrogens (tertiary/aromatic N) is 1. The van der Waals surface area contributed by atoms with E-state index in [0.29, 0.717) is 11.5 Å². The van der Waals surface area contributed by atoms with Crippen molar-refractivity contribution in [3.8, 4) is 11.3 Å². The van der Waals surface area contributed by atoms with Crippen LogP contribution in [0.5, 0.6) is 0 Å². The predicted molar refractivity (Wildman–Crippen MR) is 74.8 cm³/mol. The van der Waals surface area contributed by atoms with Gasteiger partial charge in [0.25, 0.3) is 0 Å². The van der Waals surface area contributed by atoms with E-state index in [1.54, 1.807) is 0 Å². The number of aryl methyl sites for hydroxylation is 1. The van der Waals surface area contributed by atoms with Crippen LogP contribution in [0.25, 0.3) is 11.3 Å². The Bertz CT molecular complexity index is 639. The van der Waals surface area contributed by atoms with E-state index >= 15 is 0 Å². The fraction of sp³-hybridized carbons (Fsp3) is 0.375. The smallest absolute Gasteiger partial charge is 0.341 e. The molecule has 0 atom stereocenters. The number of hydrogen-bond donors (Lipinski definition) is 1. The molecule has 1 fully saturated rings. The molecule has 1 aliphatic rings. The molecule has 4 heteroatoms. The van der Waals surface area contributed by atoms with Gasteiger partial charge in [-0.25, -0.2) is 4.79 Å². The summed E-state index contributed by atoms with van der Waals surface area (Å²) in [6.45, 7) is 1.97. The molecule has 0 radical (unpaired) electrons. The van der Waals surface area contributed by atoms with Gasteiger partial charge in [-0.05, 0) is 25.8 Å². The molecule has 104 valence electrons. The minimum Gasteiger partial charge on any atom is -0.477 e. The minimum atomic E-state index is -0.954. The van der Waals surface area contributed by atoms with E-state index in [1.807, 2.05) is 31.2 Å². The second-order valence-electron chi connectivity index (χ2n) is 5.43. The summed E-state index contributed by atoms with van der Waals surface area (Å²) in [7, 11) is 0. The van der Waals surface area contributed by atoms with E-state index in [9.17, 15) is 9.90 Å². The number of aromatic carboxylic acids is 1. The van der Waals surface area contributed by atoms with Crippen molar-refractivity contribution in [3.05, 3.63) is 41.2 Å². The zero-order valence-electron chi connectivity index (χ0n) is 11.4. The number of hydrogen-bond acceptors (Lipinski definition) is 3. The highest BCUT2D eigenvalue weighted by atomic mass is 16.5. The number of carboxylic acids is 1. The summed E-state index contributed by atoms with van der Waals surface area (Å²) in [5.41, 5.74) is 2.56. The van der Waals surface area contributed by atoms with E-state index in [4.69, 9.17) is 4.52 Å². The zero-order chi connectivity index (χ0) is 14.1. The normalized spacial score (nSPS) is 15.7. The Labute approximate surface area is 117 Å². The van der Waals surface area contributed by atoms with Gasteiger partial charge in [-0.15, -0.1) is 0 Å². The van der Waals surface area contributed by atoms with Crippen LogP contribution in [0.3, 0.4) is 0 Å². The molecule has 0 aliphatic heterocycles. The van der Waals surface area contributed by atoms with Gasteiger partial charge in [-0.2, -0.15) is 0 Å². The molecule has 0 unspecified atom stereocenters. The molecule has 0 amide bonds. The second kappa shape index (κ2) is 5.12. The Morgan fingerprint density at radius 2 is 2.10 bits per heavy atom. The Morgan fingerprint density at radius 1 is 1.35 bits per heavy atom. The van der Waals surface area contributed by atoms with Crippen molar-refractivity contribution < 1.29 is 14.4 Å². The largest absolute Gasteiger partial charge is 0.477 e. The first-order valence-corrected chi connectivity index (χ1v) is 6.96. The summed E-state index contributed by atoms with van der Waals surface area (Å²) < 4.78 is 5.40. The van der Waals surface area contributed by atoms with Crippen molar-refractivity contribution in [2.24, 2.45) is 0 Å². The molecular weight excluding hydrogens is 254 g/mol. The van der Waals surface area contributed by atoms with Crippen molar-refractivity contribution in [3.63, 3.8) is 0 Å². The maximum Gasteiger partial charge on any atom is 0.341 e. The lowest BCUT2D eigenvalue weighted by Crippen LogP contribution is -2.04. The highest BCUT2D eigenvalue weighted by Crippen LogP contribution is 2.38. The zero-order valence-corrected chi connectivity index (χ0v) is 11.4. The molecule has 1 aromatic heterocycles. The molecule has 1 saturated carbocycles. The summed E-state index contributed by atoms with van der Waals surface area (Å²) in [6, 6.07) is 7.68. The van der Waals surface area contributed by atoms with Crippen molar-refractivity contribution >= 4 is 5.97 Å². The van der Waals surface area contributed by atoms with Crippen LogP contribution < -0.4 is 0 Å². The lowest BCUT2D eigenvalue weighted by Gasteiger charge is -2.05. The summed E-state index contributed by atoms with van der Waals surface area (Å²) in [5.74, 6) is -0.205. The lowest BCUT2D eigenvalue weighted by molar-refractivity contribution is 0.0694. The first-order chi connectivity index (χ1) is 9.66. The topological polar surface area (TPSA) is 63.3 Å². The van der Waals surface area contributed by atoms with Gasteiger partial charge >= 0.3 is 5.97 Å². The fourth-order valence-corrected chi connectivity index (χ4v) is 2.97. The average Bonchev–Trinajstić information content (AvgIpc) is 3.07.